The largest absolute Gasteiger partial charge is 0.481 e. The summed E-state index contributed by atoms with van der Waals surface area (Å²) in [4.78, 5) is 22.3. The first kappa shape index (κ1) is 15.0. The third kappa shape index (κ3) is 5.42. The van der Waals surface area contributed by atoms with Gasteiger partial charge in [-0.3, -0.25) is 4.79 Å². The summed E-state index contributed by atoms with van der Waals surface area (Å²) in [7, 11) is 0. The minimum atomic E-state index is -0.848. The minimum absolute atomic E-state index is 0.0473. The standard InChI is InChI=1S/C14H20N2O3/c1-3-10(2)15-14(19)16-12-7-5-4-6-11(12)8-9-13(17)18/h4-7,10H,3,8-9H2,1-2H3,(H,17,18)(H2,15,16,19). The Morgan fingerprint density at radius 2 is 2.00 bits per heavy atom. The molecule has 0 saturated carbocycles. The second-order valence-corrected chi connectivity index (χ2v) is 4.46. The molecule has 0 spiro atoms. The number of aliphatic carboxylic acids is 1. The Labute approximate surface area is 113 Å². The maximum Gasteiger partial charge on any atom is 0.319 e. The van der Waals surface area contributed by atoms with E-state index in [0.29, 0.717) is 12.1 Å². The molecule has 0 aliphatic carbocycles. The van der Waals surface area contributed by atoms with Crippen LogP contribution < -0.4 is 10.6 Å². The predicted octanol–water partition coefficient (Wildman–Crippen LogP) is 2.62. The van der Waals surface area contributed by atoms with E-state index in [-0.39, 0.29) is 18.5 Å². The van der Waals surface area contributed by atoms with Crippen molar-refractivity contribution in [2.24, 2.45) is 0 Å². The number of carboxylic acid groups (broad SMARTS) is 1. The molecule has 1 aromatic carbocycles. The van der Waals surface area contributed by atoms with Gasteiger partial charge in [-0.25, -0.2) is 4.79 Å². The van der Waals surface area contributed by atoms with E-state index in [1.54, 1.807) is 6.07 Å². The minimum Gasteiger partial charge on any atom is -0.481 e. The van der Waals surface area contributed by atoms with Crippen molar-refractivity contribution in [1.29, 1.82) is 0 Å². The van der Waals surface area contributed by atoms with Gasteiger partial charge in [0.05, 0.1) is 0 Å². The van der Waals surface area contributed by atoms with Crippen LogP contribution in [0.1, 0.15) is 32.3 Å². The predicted molar refractivity (Wildman–Crippen MR) is 74.3 cm³/mol. The number of rotatable bonds is 6. The Hall–Kier alpha value is -2.04. The quantitative estimate of drug-likeness (QED) is 0.739. The molecule has 0 aliphatic heterocycles. The number of carbonyl (C=O) groups excluding carboxylic acids is 1. The van der Waals surface area contributed by atoms with Crippen molar-refractivity contribution in [1.82, 2.24) is 5.32 Å². The molecule has 104 valence electrons. The number of carboxylic acids is 1. The number of benzene rings is 1. The second kappa shape index (κ2) is 7.41. The van der Waals surface area contributed by atoms with Gasteiger partial charge in [0.1, 0.15) is 0 Å². The van der Waals surface area contributed by atoms with Gasteiger partial charge in [0.2, 0.25) is 0 Å². The topological polar surface area (TPSA) is 78.4 Å². The van der Waals surface area contributed by atoms with E-state index in [0.717, 1.165) is 12.0 Å². The van der Waals surface area contributed by atoms with E-state index in [2.05, 4.69) is 10.6 Å². The monoisotopic (exact) mass is 264 g/mol. The number of nitrogens with one attached hydrogen (secondary N) is 2. The van der Waals surface area contributed by atoms with E-state index in [4.69, 9.17) is 5.11 Å². The Kier molecular flexibility index (Phi) is 5.85. The van der Waals surface area contributed by atoms with Gasteiger partial charge in [0, 0.05) is 18.2 Å². The summed E-state index contributed by atoms with van der Waals surface area (Å²) in [5.41, 5.74) is 1.48. The van der Waals surface area contributed by atoms with Crippen molar-refractivity contribution in [3.05, 3.63) is 29.8 Å². The highest BCUT2D eigenvalue weighted by Crippen LogP contribution is 2.16. The van der Waals surface area contributed by atoms with Crippen LogP contribution in [-0.4, -0.2) is 23.1 Å². The number of amides is 2. The average Bonchev–Trinajstić information content (AvgIpc) is 2.37. The first-order chi connectivity index (χ1) is 9.02. The molecular weight excluding hydrogens is 244 g/mol. The maximum atomic E-state index is 11.7. The lowest BCUT2D eigenvalue weighted by atomic mass is 10.1. The Morgan fingerprint density at radius 3 is 2.63 bits per heavy atom. The first-order valence-corrected chi connectivity index (χ1v) is 6.40. The van der Waals surface area contributed by atoms with Gasteiger partial charge in [-0.1, -0.05) is 25.1 Å². The zero-order chi connectivity index (χ0) is 14.3. The van der Waals surface area contributed by atoms with Gasteiger partial charge >= 0.3 is 12.0 Å². The van der Waals surface area contributed by atoms with E-state index in [1.165, 1.54) is 0 Å². The molecule has 5 heteroatoms. The summed E-state index contributed by atoms with van der Waals surface area (Å²) < 4.78 is 0. The van der Waals surface area contributed by atoms with Crippen LogP contribution in [0.25, 0.3) is 0 Å². The summed E-state index contributed by atoms with van der Waals surface area (Å²) in [6.45, 7) is 3.92. The maximum absolute atomic E-state index is 11.7. The first-order valence-electron chi connectivity index (χ1n) is 6.40. The molecular formula is C14H20N2O3. The van der Waals surface area contributed by atoms with Crippen molar-refractivity contribution >= 4 is 17.7 Å². The number of aryl methyl sites for hydroxylation is 1. The molecule has 0 aliphatic rings. The summed E-state index contributed by atoms with van der Waals surface area (Å²) >= 11 is 0. The molecule has 0 radical (unpaired) electrons. The Balaban J connectivity index is 2.66. The fourth-order valence-electron chi connectivity index (χ4n) is 1.59. The van der Waals surface area contributed by atoms with E-state index >= 15 is 0 Å². The van der Waals surface area contributed by atoms with Gasteiger partial charge < -0.3 is 15.7 Å². The van der Waals surface area contributed by atoms with Crippen LogP contribution in [0, 0.1) is 0 Å². The van der Waals surface area contributed by atoms with Crippen molar-refractivity contribution in [3.8, 4) is 0 Å². The normalized spacial score (nSPS) is 11.7. The van der Waals surface area contributed by atoms with Crippen LogP contribution >= 0.6 is 0 Å². The zero-order valence-electron chi connectivity index (χ0n) is 11.3. The molecule has 0 saturated heterocycles. The number of hydrogen-bond acceptors (Lipinski definition) is 2. The summed E-state index contributed by atoms with van der Waals surface area (Å²) in [5, 5.41) is 14.3. The van der Waals surface area contributed by atoms with Crippen LogP contribution in [0.3, 0.4) is 0 Å². The number of anilines is 1. The van der Waals surface area contributed by atoms with Gasteiger partial charge in [-0.2, -0.15) is 0 Å². The van der Waals surface area contributed by atoms with Crippen LogP contribution in [0.15, 0.2) is 24.3 Å². The van der Waals surface area contributed by atoms with Gasteiger partial charge in [0.15, 0.2) is 0 Å². The smallest absolute Gasteiger partial charge is 0.319 e. The van der Waals surface area contributed by atoms with Crippen LogP contribution in [-0.2, 0) is 11.2 Å². The lowest BCUT2D eigenvalue weighted by Gasteiger charge is -2.14. The third-order valence-corrected chi connectivity index (χ3v) is 2.86. The van der Waals surface area contributed by atoms with Gasteiger partial charge in [0.25, 0.3) is 0 Å². The molecule has 0 fully saturated rings. The van der Waals surface area contributed by atoms with E-state index in [9.17, 15) is 9.59 Å². The summed E-state index contributed by atoms with van der Waals surface area (Å²) in [6.07, 6.45) is 1.30. The Morgan fingerprint density at radius 1 is 1.32 bits per heavy atom. The number of urea groups is 1. The highest BCUT2D eigenvalue weighted by molar-refractivity contribution is 5.90. The average molecular weight is 264 g/mol. The number of carbonyl (C=O) groups is 2. The molecule has 1 atom stereocenters. The lowest BCUT2D eigenvalue weighted by molar-refractivity contribution is -0.136. The van der Waals surface area contributed by atoms with E-state index < -0.39 is 5.97 Å². The molecule has 5 nitrogen and oxygen atoms in total. The molecule has 1 rings (SSSR count). The Bertz CT molecular complexity index is 446. The molecule has 0 bridgehead atoms. The van der Waals surface area contributed by atoms with Crippen molar-refractivity contribution < 1.29 is 14.7 Å². The fourth-order valence-corrected chi connectivity index (χ4v) is 1.59. The molecule has 1 aromatic rings. The third-order valence-electron chi connectivity index (χ3n) is 2.86. The van der Waals surface area contributed by atoms with Crippen molar-refractivity contribution in [3.63, 3.8) is 0 Å². The highest BCUT2D eigenvalue weighted by atomic mass is 16.4. The van der Waals surface area contributed by atoms with Crippen LogP contribution in [0.5, 0.6) is 0 Å². The molecule has 1 unspecified atom stereocenters. The number of para-hydroxylation sites is 1. The van der Waals surface area contributed by atoms with Gasteiger partial charge in [-0.05, 0) is 31.4 Å². The fraction of sp³-hybridized carbons (Fsp3) is 0.429. The van der Waals surface area contributed by atoms with Crippen LogP contribution in [0.2, 0.25) is 0 Å². The molecule has 0 heterocycles. The molecule has 19 heavy (non-hydrogen) atoms. The van der Waals surface area contributed by atoms with Crippen LogP contribution in [0.4, 0.5) is 10.5 Å². The SMILES string of the molecule is CCC(C)NC(=O)Nc1ccccc1CCC(=O)O. The molecule has 0 aromatic heterocycles. The summed E-state index contributed by atoms with van der Waals surface area (Å²) in [6, 6.07) is 7.07. The van der Waals surface area contributed by atoms with Gasteiger partial charge in [-0.15, -0.1) is 0 Å². The zero-order valence-corrected chi connectivity index (χ0v) is 11.3. The highest BCUT2D eigenvalue weighted by Gasteiger charge is 2.09. The number of hydrogen-bond donors (Lipinski definition) is 3. The second-order valence-electron chi connectivity index (χ2n) is 4.46. The molecule has 2 amide bonds. The van der Waals surface area contributed by atoms with Crippen molar-refractivity contribution in [2.45, 2.75) is 39.2 Å². The summed E-state index contributed by atoms with van der Waals surface area (Å²) in [5.74, 6) is -0.848. The lowest BCUT2D eigenvalue weighted by Crippen LogP contribution is -2.35. The van der Waals surface area contributed by atoms with E-state index in [1.807, 2.05) is 32.0 Å². The van der Waals surface area contributed by atoms with Crippen molar-refractivity contribution in [2.75, 3.05) is 5.32 Å². The molecule has 3 N–H and O–H groups in total.